The van der Waals surface area contributed by atoms with E-state index < -0.39 is 23.6 Å². The van der Waals surface area contributed by atoms with Crippen LogP contribution >= 0.6 is 0 Å². The molecule has 0 saturated heterocycles. The van der Waals surface area contributed by atoms with E-state index in [2.05, 4.69) is 0 Å². The molecule has 0 saturated carbocycles. The molecular formula is C12H7N3O4. The summed E-state index contributed by atoms with van der Waals surface area (Å²) in [7, 11) is 0. The number of hydrogen-bond donors (Lipinski definition) is 0. The quantitative estimate of drug-likeness (QED) is 0.668. The lowest BCUT2D eigenvalue weighted by Crippen LogP contribution is -2.43. The lowest BCUT2D eigenvalue weighted by molar-refractivity contribution is -0.123. The van der Waals surface area contributed by atoms with Gasteiger partial charge in [-0.15, -0.1) is 0 Å². The molecule has 2 aliphatic rings. The predicted octanol–water partition coefficient (Wildman–Crippen LogP) is -0.522. The second-order valence-electron chi connectivity index (χ2n) is 3.88. The van der Waals surface area contributed by atoms with Crippen molar-refractivity contribution in [3.63, 3.8) is 0 Å². The molecule has 3 heterocycles. The highest BCUT2D eigenvalue weighted by Crippen LogP contribution is 2.21. The van der Waals surface area contributed by atoms with Gasteiger partial charge in [-0.05, 0) is 12.1 Å². The smallest absolute Gasteiger partial charge is 0.269 e. The zero-order valence-corrected chi connectivity index (χ0v) is 9.52. The number of carbonyl (C=O) groups excluding carboxylic acids is 4. The summed E-state index contributed by atoms with van der Waals surface area (Å²) in [5, 5.41) is 0.841. The van der Waals surface area contributed by atoms with E-state index in [0.717, 1.165) is 34.2 Å². The molecule has 0 fully saturated rings. The van der Waals surface area contributed by atoms with Crippen LogP contribution in [0.2, 0.25) is 0 Å². The zero-order valence-electron chi connectivity index (χ0n) is 9.52. The highest BCUT2D eigenvalue weighted by molar-refractivity contribution is 6.28. The van der Waals surface area contributed by atoms with Crippen LogP contribution in [-0.2, 0) is 19.2 Å². The Morgan fingerprint density at radius 2 is 1.26 bits per heavy atom. The summed E-state index contributed by atoms with van der Waals surface area (Å²) in [6.45, 7) is 0. The first-order chi connectivity index (χ1) is 9.09. The van der Waals surface area contributed by atoms with Crippen molar-refractivity contribution in [3.05, 3.63) is 42.6 Å². The number of carbonyl (C=O) groups is 4. The molecule has 0 aromatic carbocycles. The van der Waals surface area contributed by atoms with Crippen LogP contribution in [0.1, 0.15) is 0 Å². The molecule has 0 unspecified atom stereocenters. The Morgan fingerprint density at radius 1 is 0.737 bits per heavy atom. The molecule has 4 amide bonds. The first kappa shape index (κ1) is 11.1. The van der Waals surface area contributed by atoms with E-state index in [1.54, 1.807) is 0 Å². The molecule has 19 heavy (non-hydrogen) atoms. The molecule has 94 valence electrons. The van der Waals surface area contributed by atoms with Crippen molar-refractivity contribution in [2.24, 2.45) is 0 Å². The van der Waals surface area contributed by atoms with Gasteiger partial charge < -0.3 is 0 Å². The van der Waals surface area contributed by atoms with Crippen LogP contribution in [-0.4, -0.2) is 28.3 Å². The summed E-state index contributed by atoms with van der Waals surface area (Å²) in [6.07, 6.45) is 5.93. The van der Waals surface area contributed by atoms with Crippen molar-refractivity contribution < 1.29 is 19.2 Å². The molecule has 7 heteroatoms. The fraction of sp³-hybridized carbons (Fsp3) is 0. The van der Waals surface area contributed by atoms with Gasteiger partial charge >= 0.3 is 0 Å². The van der Waals surface area contributed by atoms with Gasteiger partial charge in [-0.25, -0.2) is 9.58 Å². The third-order valence-corrected chi connectivity index (χ3v) is 2.75. The second kappa shape index (κ2) is 3.77. The van der Waals surface area contributed by atoms with Crippen molar-refractivity contribution in [1.82, 2.24) is 4.68 Å². The Kier molecular flexibility index (Phi) is 2.21. The van der Waals surface area contributed by atoms with Gasteiger partial charge in [0.2, 0.25) is 0 Å². The lowest BCUT2D eigenvalue weighted by atomic mass is 10.5. The average molecular weight is 257 g/mol. The molecule has 0 aliphatic carbocycles. The predicted molar refractivity (Wildman–Crippen MR) is 63.4 cm³/mol. The molecular weight excluding hydrogens is 250 g/mol. The normalized spacial score (nSPS) is 18.3. The van der Waals surface area contributed by atoms with Gasteiger partial charge in [0.1, 0.15) is 5.82 Å². The molecule has 0 spiro atoms. The molecule has 0 N–H and O–H groups in total. The number of imide groups is 2. The maximum Gasteiger partial charge on any atom is 0.273 e. The van der Waals surface area contributed by atoms with Gasteiger partial charge in [-0.3, -0.25) is 19.2 Å². The minimum absolute atomic E-state index is 0.144. The molecule has 0 bridgehead atoms. The van der Waals surface area contributed by atoms with Gasteiger partial charge in [0, 0.05) is 30.5 Å². The monoisotopic (exact) mass is 257 g/mol. The number of rotatable bonds is 2. The third kappa shape index (κ3) is 1.52. The Balaban J connectivity index is 2.05. The fourth-order valence-corrected chi connectivity index (χ4v) is 1.94. The van der Waals surface area contributed by atoms with Crippen LogP contribution in [0.5, 0.6) is 0 Å². The highest BCUT2D eigenvalue weighted by Gasteiger charge is 2.32. The maximum absolute atomic E-state index is 11.6. The summed E-state index contributed by atoms with van der Waals surface area (Å²) in [4.78, 5) is 47.3. The number of aromatic nitrogens is 1. The van der Waals surface area contributed by atoms with Crippen molar-refractivity contribution in [3.8, 4) is 0 Å². The summed E-state index contributed by atoms with van der Waals surface area (Å²) in [5.41, 5.74) is 0. The third-order valence-electron chi connectivity index (χ3n) is 2.75. The van der Waals surface area contributed by atoms with Crippen LogP contribution in [0.4, 0.5) is 5.82 Å². The summed E-state index contributed by atoms with van der Waals surface area (Å²) >= 11 is 0. The summed E-state index contributed by atoms with van der Waals surface area (Å²) in [6, 6.07) is 3.01. The van der Waals surface area contributed by atoms with Crippen LogP contribution in [0.15, 0.2) is 42.6 Å². The average Bonchev–Trinajstić information content (AvgIpc) is 3.02. The molecule has 3 rings (SSSR count). The van der Waals surface area contributed by atoms with Crippen molar-refractivity contribution in [2.45, 2.75) is 0 Å². The standard InChI is InChI=1S/C12H7N3O4/c16-9-3-4-10(17)14(9)8-2-1-7-13(8)15-11(18)5-6-12(15)19/h1-7H. The lowest BCUT2D eigenvalue weighted by Gasteiger charge is -2.22. The van der Waals surface area contributed by atoms with E-state index in [0.29, 0.717) is 0 Å². The molecule has 1 aromatic heterocycles. The molecule has 1 aromatic rings. The van der Waals surface area contributed by atoms with Crippen LogP contribution < -0.4 is 9.91 Å². The van der Waals surface area contributed by atoms with Crippen LogP contribution in [0, 0.1) is 0 Å². The minimum atomic E-state index is -0.533. The Bertz CT molecular complexity index is 590. The van der Waals surface area contributed by atoms with Crippen LogP contribution in [0.25, 0.3) is 0 Å². The SMILES string of the molecule is O=C1C=CC(=O)N1c1cccn1N1C(=O)C=CC1=O. The van der Waals surface area contributed by atoms with Crippen molar-refractivity contribution >= 4 is 29.4 Å². The largest absolute Gasteiger partial charge is 0.273 e. The summed E-state index contributed by atoms with van der Waals surface area (Å²) in [5.74, 6) is -1.96. The van der Waals surface area contributed by atoms with E-state index in [-0.39, 0.29) is 5.82 Å². The second-order valence-corrected chi connectivity index (χ2v) is 3.88. The van der Waals surface area contributed by atoms with E-state index in [9.17, 15) is 19.2 Å². The molecule has 7 nitrogen and oxygen atoms in total. The van der Waals surface area contributed by atoms with E-state index in [4.69, 9.17) is 0 Å². The zero-order chi connectivity index (χ0) is 13.6. The van der Waals surface area contributed by atoms with Gasteiger partial charge in [0.05, 0.1) is 0 Å². The molecule has 2 aliphatic heterocycles. The van der Waals surface area contributed by atoms with E-state index in [1.165, 1.54) is 23.0 Å². The number of amides is 4. The number of anilines is 1. The van der Waals surface area contributed by atoms with Crippen molar-refractivity contribution in [1.29, 1.82) is 0 Å². The minimum Gasteiger partial charge on any atom is -0.269 e. The van der Waals surface area contributed by atoms with Gasteiger partial charge in [-0.2, -0.15) is 5.01 Å². The topological polar surface area (TPSA) is 79.7 Å². The summed E-state index contributed by atoms with van der Waals surface area (Å²) < 4.78 is 1.17. The highest BCUT2D eigenvalue weighted by atomic mass is 16.2. The van der Waals surface area contributed by atoms with Crippen molar-refractivity contribution in [2.75, 3.05) is 9.91 Å². The Morgan fingerprint density at radius 3 is 1.84 bits per heavy atom. The Hall–Kier alpha value is -2.96. The first-order valence-corrected chi connectivity index (χ1v) is 5.39. The first-order valence-electron chi connectivity index (χ1n) is 5.39. The van der Waals surface area contributed by atoms with E-state index in [1.807, 2.05) is 0 Å². The molecule has 0 radical (unpaired) electrons. The number of nitrogens with zero attached hydrogens (tertiary/aromatic N) is 3. The Labute approximate surface area is 107 Å². The van der Waals surface area contributed by atoms with Crippen LogP contribution in [0.3, 0.4) is 0 Å². The van der Waals surface area contributed by atoms with E-state index >= 15 is 0 Å². The maximum atomic E-state index is 11.6. The fourth-order valence-electron chi connectivity index (χ4n) is 1.94. The number of hydrogen-bond acceptors (Lipinski definition) is 4. The van der Waals surface area contributed by atoms with Gasteiger partial charge in [-0.1, -0.05) is 0 Å². The molecule has 0 atom stereocenters. The van der Waals surface area contributed by atoms with Gasteiger partial charge in [0.15, 0.2) is 0 Å². The van der Waals surface area contributed by atoms with Gasteiger partial charge in [0.25, 0.3) is 23.6 Å².